The van der Waals surface area contributed by atoms with Crippen molar-refractivity contribution in [2.45, 2.75) is 32.0 Å². The van der Waals surface area contributed by atoms with Crippen LogP contribution in [-0.4, -0.2) is 31.1 Å². The molecule has 1 heterocycles. The van der Waals surface area contributed by atoms with Gasteiger partial charge < -0.3 is 10.2 Å². The van der Waals surface area contributed by atoms with Gasteiger partial charge in [-0.1, -0.05) is 6.42 Å². The van der Waals surface area contributed by atoms with Gasteiger partial charge in [0.25, 0.3) is 0 Å². The lowest BCUT2D eigenvalue weighted by molar-refractivity contribution is -0.137. The number of nitrogens with one attached hydrogen (secondary N) is 1. The molecule has 0 atom stereocenters. The number of alkyl halides is 3. The number of rotatable bonds is 5. The maximum absolute atomic E-state index is 13.5. The molecule has 1 aliphatic rings. The van der Waals surface area contributed by atoms with Gasteiger partial charge in [-0.2, -0.15) is 13.2 Å². The van der Waals surface area contributed by atoms with Crippen LogP contribution in [0.5, 0.6) is 0 Å². The van der Waals surface area contributed by atoms with Gasteiger partial charge in [0.1, 0.15) is 5.82 Å². The Morgan fingerprint density at radius 2 is 1.81 bits per heavy atom. The predicted octanol–water partition coefficient (Wildman–Crippen LogP) is 3.42. The number of hydrogen-bond donors (Lipinski definition) is 1. The largest absolute Gasteiger partial charge is 0.416 e. The molecule has 6 heteroatoms. The van der Waals surface area contributed by atoms with Crippen molar-refractivity contribution in [1.29, 1.82) is 0 Å². The third-order valence-corrected chi connectivity index (χ3v) is 3.74. The van der Waals surface area contributed by atoms with E-state index in [-0.39, 0.29) is 12.1 Å². The van der Waals surface area contributed by atoms with Gasteiger partial charge in [0.2, 0.25) is 0 Å². The Bertz CT molecular complexity index is 453. The summed E-state index contributed by atoms with van der Waals surface area (Å²) in [5.74, 6) is -0.603. The van der Waals surface area contributed by atoms with Crippen molar-refractivity contribution in [2.75, 3.05) is 26.2 Å². The molecule has 0 bridgehead atoms. The second kappa shape index (κ2) is 7.22. The Kier molecular flexibility index (Phi) is 5.58. The summed E-state index contributed by atoms with van der Waals surface area (Å²) >= 11 is 0. The molecule has 2 rings (SSSR count). The first kappa shape index (κ1) is 16.2. The molecule has 0 amide bonds. The summed E-state index contributed by atoms with van der Waals surface area (Å²) < 4.78 is 51.3. The molecule has 0 radical (unpaired) electrons. The van der Waals surface area contributed by atoms with Crippen LogP contribution in [0.4, 0.5) is 17.6 Å². The van der Waals surface area contributed by atoms with Crippen LogP contribution < -0.4 is 5.32 Å². The number of likely N-dealkylation sites (tertiary alicyclic amines) is 1. The smallest absolute Gasteiger partial charge is 0.311 e. The highest BCUT2D eigenvalue weighted by molar-refractivity contribution is 5.27. The second-order valence-corrected chi connectivity index (χ2v) is 5.38. The minimum absolute atomic E-state index is 0.0588. The fourth-order valence-corrected chi connectivity index (χ4v) is 2.53. The molecule has 1 aromatic carbocycles. The lowest BCUT2D eigenvalue weighted by Crippen LogP contribution is -2.35. The van der Waals surface area contributed by atoms with Crippen LogP contribution in [0.25, 0.3) is 0 Å². The van der Waals surface area contributed by atoms with Crippen molar-refractivity contribution in [2.24, 2.45) is 0 Å². The molecule has 1 aromatic rings. The van der Waals surface area contributed by atoms with Crippen LogP contribution in [-0.2, 0) is 12.7 Å². The van der Waals surface area contributed by atoms with Gasteiger partial charge in [-0.25, -0.2) is 4.39 Å². The SMILES string of the molecule is Fc1ccc(C(F)(F)F)cc1CNCCN1CCCCC1. The zero-order chi connectivity index (χ0) is 15.3. The van der Waals surface area contributed by atoms with Crippen molar-refractivity contribution in [3.63, 3.8) is 0 Å². The first-order valence-corrected chi connectivity index (χ1v) is 7.25. The first-order chi connectivity index (χ1) is 9.97. The average Bonchev–Trinajstić information content (AvgIpc) is 2.45. The van der Waals surface area contributed by atoms with E-state index in [1.54, 1.807) is 0 Å². The standard InChI is InChI=1S/C15H20F4N2/c16-14-5-4-13(15(17,18)19)10-12(14)11-20-6-9-21-7-2-1-3-8-21/h4-5,10,20H,1-3,6-9,11H2. The zero-order valence-corrected chi connectivity index (χ0v) is 11.8. The van der Waals surface area contributed by atoms with E-state index in [1.165, 1.54) is 19.3 Å². The number of piperidine rings is 1. The summed E-state index contributed by atoms with van der Waals surface area (Å²) in [7, 11) is 0. The highest BCUT2D eigenvalue weighted by Crippen LogP contribution is 2.30. The van der Waals surface area contributed by atoms with E-state index in [2.05, 4.69) is 10.2 Å². The molecule has 1 saturated heterocycles. The summed E-state index contributed by atoms with van der Waals surface area (Å²) in [6.07, 6.45) is -0.778. The highest BCUT2D eigenvalue weighted by Gasteiger charge is 2.30. The molecule has 0 spiro atoms. The summed E-state index contributed by atoms with van der Waals surface area (Å²) in [4.78, 5) is 2.32. The highest BCUT2D eigenvalue weighted by atomic mass is 19.4. The van der Waals surface area contributed by atoms with E-state index in [1.807, 2.05) is 0 Å². The van der Waals surface area contributed by atoms with Gasteiger partial charge in [0.05, 0.1) is 5.56 Å². The molecule has 0 aromatic heterocycles. The molecule has 1 aliphatic heterocycles. The molecular weight excluding hydrogens is 284 g/mol. The summed E-state index contributed by atoms with van der Waals surface area (Å²) in [6.45, 7) is 3.75. The van der Waals surface area contributed by atoms with Gasteiger partial charge in [-0.3, -0.25) is 0 Å². The molecule has 118 valence electrons. The fourth-order valence-electron chi connectivity index (χ4n) is 2.53. The minimum atomic E-state index is -4.43. The quantitative estimate of drug-likeness (QED) is 0.662. The molecule has 0 saturated carbocycles. The van der Waals surface area contributed by atoms with Crippen LogP contribution in [0.2, 0.25) is 0 Å². The first-order valence-electron chi connectivity index (χ1n) is 7.25. The molecule has 0 aliphatic carbocycles. The van der Waals surface area contributed by atoms with Gasteiger partial charge in [0, 0.05) is 25.2 Å². The predicted molar refractivity (Wildman–Crippen MR) is 73.4 cm³/mol. The fraction of sp³-hybridized carbons (Fsp3) is 0.600. The third kappa shape index (κ3) is 4.97. The Morgan fingerprint density at radius 3 is 2.48 bits per heavy atom. The van der Waals surface area contributed by atoms with E-state index in [9.17, 15) is 17.6 Å². The number of hydrogen-bond acceptors (Lipinski definition) is 2. The molecule has 1 fully saturated rings. The third-order valence-electron chi connectivity index (χ3n) is 3.74. The van der Waals surface area contributed by atoms with Crippen molar-refractivity contribution in [3.05, 3.63) is 35.1 Å². The zero-order valence-electron chi connectivity index (χ0n) is 11.8. The van der Waals surface area contributed by atoms with E-state index >= 15 is 0 Å². The number of benzene rings is 1. The van der Waals surface area contributed by atoms with Crippen LogP contribution in [0, 0.1) is 5.82 Å². The Balaban J connectivity index is 1.82. The maximum Gasteiger partial charge on any atom is 0.416 e. The van der Waals surface area contributed by atoms with Gasteiger partial charge in [-0.15, -0.1) is 0 Å². The molecular formula is C15H20F4N2. The van der Waals surface area contributed by atoms with Crippen molar-refractivity contribution < 1.29 is 17.6 Å². The molecule has 21 heavy (non-hydrogen) atoms. The summed E-state index contributed by atoms with van der Waals surface area (Å²) in [5.41, 5.74) is -0.750. The van der Waals surface area contributed by atoms with E-state index in [0.717, 1.165) is 37.8 Å². The van der Waals surface area contributed by atoms with Gasteiger partial charge in [-0.05, 0) is 44.1 Å². The Morgan fingerprint density at radius 1 is 1.10 bits per heavy atom. The normalized spacial score (nSPS) is 17.1. The van der Waals surface area contributed by atoms with E-state index in [4.69, 9.17) is 0 Å². The lowest BCUT2D eigenvalue weighted by Gasteiger charge is -2.26. The van der Waals surface area contributed by atoms with E-state index < -0.39 is 17.6 Å². The van der Waals surface area contributed by atoms with Crippen LogP contribution in [0.15, 0.2) is 18.2 Å². The molecule has 2 nitrogen and oxygen atoms in total. The van der Waals surface area contributed by atoms with Gasteiger partial charge >= 0.3 is 6.18 Å². The molecule has 0 unspecified atom stereocenters. The van der Waals surface area contributed by atoms with Crippen molar-refractivity contribution in [1.82, 2.24) is 10.2 Å². The monoisotopic (exact) mass is 304 g/mol. The van der Waals surface area contributed by atoms with Gasteiger partial charge in [0.15, 0.2) is 0 Å². The molecule has 1 N–H and O–H groups in total. The van der Waals surface area contributed by atoms with Crippen LogP contribution >= 0.6 is 0 Å². The van der Waals surface area contributed by atoms with Crippen molar-refractivity contribution in [3.8, 4) is 0 Å². The van der Waals surface area contributed by atoms with Crippen LogP contribution in [0.1, 0.15) is 30.4 Å². The summed E-state index contributed by atoms with van der Waals surface area (Å²) in [6, 6.07) is 2.53. The maximum atomic E-state index is 13.5. The van der Waals surface area contributed by atoms with E-state index in [0.29, 0.717) is 6.54 Å². The Hall–Kier alpha value is -1.14. The lowest BCUT2D eigenvalue weighted by atomic mass is 10.1. The Labute approximate surface area is 122 Å². The minimum Gasteiger partial charge on any atom is -0.311 e. The van der Waals surface area contributed by atoms with Crippen molar-refractivity contribution >= 4 is 0 Å². The second-order valence-electron chi connectivity index (χ2n) is 5.38. The average molecular weight is 304 g/mol. The number of halogens is 4. The summed E-state index contributed by atoms with van der Waals surface area (Å²) in [5, 5.41) is 3.02. The van der Waals surface area contributed by atoms with Crippen LogP contribution in [0.3, 0.4) is 0 Å². The number of nitrogens with zero attached hydrogens (tertiary/aromatic N) is 1. The topological polar surface area (TPSA) is 15.3 Å².